The van der Waals surface area contributed by atoms with Crippen molar-refractivity contribution in [3.8, 4) is 0 Å². The first-order valence-electron chi connectivity index (χ1n) is 8.03. The highest BCUT2D eigenvalue weighted by atomic mass is 19.1. The van der Waals surface area contributed by atoms with E-state index in [2.05, 4.69) is 23.2 Å². The van der Waals surface area contributed by atoms with E-state index in [-0.39, 0.29) is 5.82 Å². The van der Waals surface area contributed by atoms with Gasteiger partial charge in [-0.2, -0.15) is 0 Å². The molecule has 0 unspecified atom stereocenters. The average molecular weight is 276 g/mol. The molecule has 0 amide bonds. The molecular weight excluding hydrogens is 251 g/mol. The Morgan fingerprint density at radius 3 is 2.55 bits per heavy atom. The fourth-order valence-corrected chi connectivity index (χ4v) is 3.05. The van der Waals surface area contributed by atoms with E-state index in [4.69, 9.17) is 0 Å². The lowest BCUT2D eigenvalue weighted by Crippen LogP contribution is -2.34. The number of nitrogens with one attached hydrogen (secondary N) is 1. The molecule has 2 fully saturated rings. The second-order valence-electron chi connectivity index (χ2n) is 6.28. The molecule has 1 aliphatic heterocycles. The lowest BCUT2D eigenvalue weighted by molar-refractivity contribution is 0.392. The van der Waals surface area contributed by atoms with Crippen molar-refractivity contribution in [3.63, 3.8) is 0 Å². The Bertz CT molecular complexity index is 448. The van der Waals surface area contributed by atoms with E-state index in [0.29, 0.717) is 6.04 Å². The molecule has 110 valence electrons. The molecule has 0 bridgehead atoms. The van der Waals surface area contributed by atoms with Gasteiger partial charge in [-0.3, -0.25) is 0 Å². The summed E-state index contributed by atoms with van der Waals surface area (Å²) in [5.74, 6) is 0.770. The van der Waals surface area contributed by atoms with Crippen molar-refractivity contribution in [1.29, 1.82) is 0 Å². The van der Waals surface area contributed by atoms with E-state index >= 15 is 0 Å². The third kappa shape index (κ3) is 3.32. The van der Waals surface area contributed by atoms with Crippen LogP contribution in [0.5, 0.6) is 0 Å². The van der Waals surface area contributed by atoms with Crippen molar-refractivity contribution >= 4 is 5.69 Å². The molecule has 2 aliphatic rings. The highest BCUT2D eigenvalue weighted by Crippen LogP contribution is 2.27. The van der Waals surface area contributed by atoms with E-state index in [1.807, 2.05) is 6.07 Å². The fourth-order valence-electron chi connectivity index (χ4n) is 3.05. The van der Waals surface area contributed by atoms with Crippen LogP contribution in [0.25, 0.3) is 0 Å². The molecule has 1 aromatic rings. The van der Waals surface area contributed by atoms with E-state index in [9.17, 15) is 4.39 Å². The van der Waals surface area contributed by atoms with Gasteiger partial charge in [0, 0.05) is 25.7 Å². The van der Waals surface area contributed by atoms with Crippen LogP contribution in [-0.4, -0.2) is 19.1 Å². The Kier molecular flexibility index (Phi) is 4.25. The molecular formula is C17H25FN2. The predicted molar refractivity (Wildman–Crippen MR) is 81.5 cm³/mol. The molecule has 1 saturated carbocycles. The second kappa shape index (κ2) is 6.13. The number of hydrogen-bond acceptors (Lipinski definition) is 2. The zero-order chi connectivity index (χ0) is 13.9. The van der Waals surface area contributed by atoms with Gasteiger partial charge in [-0.1, -0.05) is 19.4 Å². The van der Waals surface area contributed by atoms with Crippen LogP contribution in [0.4, 0.5) is 10.1 Å². The number of halogens is 1. The maximum Gasteiger partial charge on any atom is 0.146 e. The Morgan fingerprint density at radius 1 is 1.20 bits per heavy atom. The monoisotopic (exact) mass is 276 g/mol. The third-order valence-electron chi connectivity index (χ3n) is 4.72. The van der Waals surface area contributed by atoms with Crippen molar-refractivity contribution in [2.24, 2.45) is 5.92 Å². The lowest BCUT2D eigenvalue weighted by atomic mass is 9.94. The second-order valence-corrected chi connectivity index (χ2v) is 6.28. The van der Waals surface area contributed by atoms with Gasteiger partial charge in [0.05, 0.1) is 5.69 Å². The summed E-state index contributed by atoms with van der Waals surface area (Å²) in [5.41, 5.74) is 1.84. The minimum absolute atomic E-state index is 0.0601. The Labute approximate surface area is 121 Å². The lowest BCUT2D eigenvalue weighted by Gasteiger charge is -2.33. The maximum absolute atomic E-state index is 14.3. The van der Waals surface area contributed by atoms with Crippen LogP contribution >= 0.6 is 0 Å². The first-order valence-corrected chi connectivity index (χ1v) is 8.03. The molecule has 2 nitrogen and oxygen atoms in total. The van der Waals surface area contributed by atoms with Gasteiger partial charge in [0.1, 0.15) is 5.82 Å². The summed E-state index contributed by atoms with van der Waals surface area (Å²) in [6, 6.07) is 6.41. The average Bonchev–Trinajstić information content (AvgIpc) is 3.30. The van der Waals surface area contributed by atoms with Crippen LogP contribution in [0.3, 0.4) is 0 Å². The summed E-state index contributed by atoms with van der Waals surface area (Å²) in [6.45, 7) is 5.03. The number of rotatable bonds is 5. The number of benzene rings is 1. The van der Waals surface area contributed by atoms with Crippen molar-refractivity contribution in [2.75, 3.05) is 18.0 Å². The zero-order valence-electron chi connectivity index (χ0n) is 12.4. The molecule has 20 heavy (non-hydrogen) atoms. The largest absolute Gasteiger partial charge is 0.369 e. The maximum atomic E-state index is 14.3. The molecule has 3 heteroatoms. The molecule has 0 spiro atoms. The third-order valence-corrected chi connectivity index (χ3v) is 4.72. The Morgan fingerprint density at radius 2 is 1.95 bits per heavy atom. The van der Waals surface area contributed by atoms with Crippen molar-refractivity contribution < 1.29 is 4.39 Å². The standard InChI is InChI=1S/C17H25FN2/c1-2-13-7-9-20(10-8-13)17-6-3-14(11-16(17)18)12-19-15-4-5-15/h3,6,11,13,15,19H,2,4-5,7-10,12H2,1H3. The van der Waals surface area contributed by atoms with Gasteiger partial charge in [0.2, 0.25) is 0 Å². The normalized spacial score (nSPS) is 20.4. The van der Waals surface area contributed by atoms with Gasteiger partial charge in [-0.05, 0) is 49.3 Å². The zero-order valence-corrected chi connectivity index (χ0v) is 12.4. The van der Waals surface area contributed by atoms with Gasteiger partial charge in [0.25, 0.3) is 0 Å². The van der Waals surface area contributed by atoms with Crippen LogP contribution in [0.2, 0.25) is 0 Å². The van der Waals surface area contributed by atoms with Crippen LogP contribution < -0.4 is 10.2 Å². The first-order chi connectivity index (χ1) is 9.76. The van der Waals surface area contributed by atoms with E-state index in [1.54, 1.807) is 6.07 Å². The molecule has 0 atom stereocenters. The highest BCUT2D eigenvalue weighted by Gasteiger charge is 2.22. The van der Waals surface area contributed by atoms with Gasteiger partial charge < -0.3 is 10.2 Å². The van der Waals surface area contributed by atoms with E-state index < -0.39 is 0 Å². The van der Waals surface area contributed by atoms with Crippen molar-refractivity contribution in [3.05, 3.63) is 29.6 Å². The van der Waals surface area contributed by atoms with Crippen molar-refractivity contribution in [2.45, 2.75) is 51.6 Å². The van der Waals surface area contributed by atoms with E-state index in [1.165, 1.54) is 32.1 Å². The summed E-state index contributed by atoms with van der Waals surface area (Å²) in [4.78, 5) is 2.21. The SMILES string of the molecule is CCC1CCN(c2ccc(CNC3CC3)cc2F)CC1. The van der Waals surface area contributed by atoms with Crippen LogP contribution in [-0.2, 0) is 6.54 Å². The van der Waals surface area contributed by atoms with Gasteiger partial charge >= 0.3 is 0 Å². The first kappa shape index (κ1) is 13.9. The molecule has 0 radical (unpaired) electrons. The van der Waals surface area contributed by atoms with Gasteiger partial charge in [-0.15, -0.1) is 0 Å². The summed E-state index contributed by atoms with van der Waals surface area (Å²) in [7, 11) is 0. The van der Waals surface area contributed by atoms with E-state index in [0.717, 1.165) is 36.8 Å². The minimum Gasteiger partial charge on any atom is -0.369 e. The van der Waals surface area contributed by atoms with Gasteiger partial charge in [0.15, 0.2) is 0 Å². The Hall–Kier alpha value is -1.09. The molecule has 1 heterocycles. The fraction of sp³-hybridized carbons (Fsp3) is 0.647. The molecule has 1 aliphatic carbocycles. The number of nitrogens with zero attached hydrogens (tertiary/aromatic N) is 1. The summed E-state index contributed by atoms with van der Waals surface area (Å²) >= 11 is 0. The number of hydrogen-bond donors (Lipinski definition) is 1. The Balaban J connectivity index is 1.61. The van der Waals surface area contributed by atoms with Crippen molar-refractivity contribution in [1.82, 2.24) is 5.32 Å². The highest BCUT2D eigenvalue weighted by molar-refractivity contribution is 5.49. The molecule has 1 N–H and O–H groups in total. The quantitative estimate of drug-likeness (QED) is 0.882. The van der Waals surface area contributed by atoms with Gasteiger partial charge in [-0.25, -0.2) is 4.39 Å². The summed E-state index contributed by atoms with van der Waals surface area (Å²) in [5, 5.41) is 3.43. The molecule has 1 aromatic carbocycles. The topological polar surface area (TPSA) is 15.3 Å². The minimum atomic E-state index is -0.0601. The smallest absolute Gasteiger partial charge is 0.146 e. The molecule has 3 rings (SSSR count). The number of piperidine rings is 1. The van der Waals surface area contributed by atoms with Crippen LogP contribution in [0.15, 0.2) is 18.2 Å². The summed E-state index contributed by atoms with van der Waals surface area (Å²) in [6.07, 6.45) is 6.18. The molecule has 1 saturated heterocycles. The summed E-state index contributed by atoms with van der Waals surface area (Å²) < 4.78 is 14.3. The predicted octanol–water partition coefficient (Wildman–Crippen LogP) is 3.70. The van der Waals surface area contributed by atoms with Crippen LogP contribution in [0, 0.1) is 11.7 Å². The number of anilines is 1. The van der Waals surface area contributed by atoms with Crippen LogP contribution in [0.1, 0.15) is 44.6 Å². The molecule has 0 aromatic heterocycles.